The lowest BCUT2D eigenvalue weighted by molar-refractivity contribution is 0.544. The third-order valence-electron chi connectivity index (χ3n) is 6.41. The Hall–Kier alpha value is -3.04. The first-order valence-corrected chi connectivity index (χ1v) is 17.3. The van der Waals surface area contributed by atoms with Gasteiger partial charge in [0.25, 0.3) is 0 Å². The second-order valence-electron chi connectivity index (χ2n) is 10.9. The maximum atomic E-state index is 5.40. The molecule has 0 N–H and O–H groups in total. The number of terminal acetylenes is 1. The van der Waals surface area contributed by atoms with Crippen LogP contribution >= 0.6 is 0 Å². The average Bonchev–Trinajstić information content (AvgIpc) is 3.05. The van der Waals surface area contributed by atoms with Crippen molar-refractivity contribution >= 4 is 5.57 Å². The third-order valence-corrected chi connectivity index (χ3v) is 6.41. The Bertz CT molecular complexity index is 952. The summed E-state index contributed by atoms with van der Waals surface area (Å²) >= 11 is 0. The largest absolute Gasteiger partial charge is 0.115 e. The molecule has 0 aliphatic heterocycles. The SMILES string of the molecule is C.C#Cc1cc(C(=C)/C=C\C)ccc1C.C=C.C=C(C)CC(=C)/C=C\C(C)=C(C)C.CC.CCC(C)CC.CCCC.CCCC. The minimum atomic E-state index is 0. The Morgan fingerprint density at radius 1 is 0.804 bits per heavy atom. The van der Waals surface area contributed by atoms with E-state index >= 15 is 0 Å². The maximum Gasteiger partial charge on any atom is 0.0277 e. The fourth-order valence-corrected chi connectivity index (χ4v) is 2.42. The number of rotatable bonds is 10. The van der Waals surface area contributed by atoms with E-state index in [1.54, 1.807) is 0 Å². The standard InChI is InChI=1S/C14H14.C13H20.C6H14.2C4H10.C2H6.C2H4.CH4/c1-5-7-11(3)14-9-8-12(4)13(6-2)10-14;1-10(2)9-12(5)7-8-13(6)11(3)4;1-4-6(3)5-2;2*1-3-4-2;2*1-2;/h2,5,7-10H,3H2,1,4H3;7-8H,1,5,9H2,2-4,6H3;6H,4-5H2,1-3H3;2*3-4H2,1-2H3;1-2H3;1-2H2;1H4/b7-5-;8-7-;;;;;;. The van der Waals surface area contributed by atoms with Crippen molar-refractivity contribution in [1.82, 2.24) is 0 Å². The van der Waals surface area contributed by atoms with Crippen molar-refractivity contribution < 1.29 is 0 Å². The van der Waals surface area contributed by atoms with Gasteiger partial charge in [0, 0.05) is 5.56 Å². The Morgan fingerprint density at radius 2 is 1.24 bits per heavy atom. The maximum absolute atomic E-state index is 5.40. The van der Waals surface area contributed by atoms with E-state index in [9.17, 15) is 0 Å². The summed E-state index contributed by atoms with van der Waals surface area (Å²) in [6, 6.07) is 6.06. The second-order valence-corrected chi connectivity index (χ2v) is 10.9. The van der Waals surface area contributed by atoms with Gasteiger partial charge in [-0.15, -0.1) is 19.6 Å². The molecular formula is C46H82. The van der Waals surface area contributed by atoms with Gasteiger partial charge in [0.15, 0.2) is 0 Å². The van der Waals surface area contributed by atoms with Gasteiger partial charge in [-0.05, 0) is 76.6 Å². The lowest BCUT2D eigenvalue weighted by Crippen LogP contribution is -1.85. The fraction of sp³-hybridized carbons (Fsp3) is 0.522. The zero-order chi connectivity index (χ0) is 36.8. The van der Waals surface area contributed by atoms with Crippen molar-refractivity contribution in [2.24, 2.45) is 5.92 Å². The zero-order valence-corrected chi connectivity index (χ0v) is 33.2. The first-order chi connectivity index (χ1) is 21.3. The molecule has 0 aliphatic rings. The van der Waals surface area contributed by atoms with Gasteiger partial charge in [-0.3, -0.25) is 0 Å². The average molecular weight is 635 g/mol. The second kappa shape index (κ2) is 46.4. The molecule has 0 heteroatoms. The van der Waals surface area contributed by atoms with Crippen molar-refractivity contribution in [3.8, 4) is 12.3 Å². The Labute approximate surface area is 293 Å². The lowest BCUT2D eigenvalue weighted by atomic mass is 10.0. The van der Waals surface area contributed by atoms with Crippen molar-refractivity contribution in [2.45, 2.75) is 156 Å². The molecule has 1 aromatic rings. The third kappa shape index (κ3) is 45.4. The molecule has 0 unspecified atom stereocenters. The van der Waals surface area contributed by atoms with Crippen molar-refractivity contribution in [1.29, 1.82) is 0 Å². The minimum Gasteiger partial charge on any atom is -0.115 e. The minimum absolute atomic E-state index is 0. The highest BCUT2D eigenvalue weighted by Crippen LogP contribution is 2.17. The summed E-state index contributed by atoms with van der Waals surface area (Å²) in [6.45, 7) is 49.6. The van der Waals surface area contributed by atoms with Crippen LogP contribution in [-0.2, 0) is 0 Å². The molecule has 1 rings (SSSR count). The molecule has 0 saturated carbocycles. The molecule has 0 nitrogen and oxygen atoms in total. The molecule has 0 bridgehead atoms. The summed E-state index contributed by atoms with van der Waals surface area (Å²) in [7, 11) is 0. The van der Waals surface area contributed by atoms with Gasteiger partial charge in [-0.1, -0.05) is 193 Å². The van der Waals surface area contributed by atoms with Crippen LogP contribution in [0.15, 0.2) is 97.7 Å². The van der Waals surface area contributed by atoms with E-state index < -0.39 is 0 Å². The van der Waals surface area contributed by atoms with Crippen molar-refractivity contribution in [3.63, 3.8) is 0 Å². The van der Waals surface area contributed by atoms with Crippen LogP contribution in [0.5, 0.6) is 0 Å². The van der Waals surface area contributed by atoms with Gasteiger partial charge in [0.2, 0.25) is 0 Å². The van der Waals surface area contributed by atoms with Crippen LogP contribution < -0.4 is 0 Å². The van der Waals surface area contributed by atoms with Gasteiger partial charge in [-0.25, -0.2) is 0 Å². The first kappa shape index (κ1) is 58.5. The summed E-state index contributed by atoms with van der Waals surface area (Å²) < 4.78 is 0. The molecule has 46 heavy (non-hydrogen) atoms. The van der Waals surface area contributed by atoms with E-state index in [1.807, 2.05) is 65.0 Å². The van der Waals surface area contributed by atoms with E-state index in [-0.39, 0.29) is 7.43 Å². The highest BCUT2D eigenvalue weighted by molar-refractivity contribution is 5.73. The molecule has 0 radical (unpaired) electrons. The van der Waals surface area contributed by atoms with Crippen molar-refractivity contribution in [2.75, 3.05) is 0 Å². The van der Waals surface area contributed by atoms with Crippen LogP contribution in [-0.4, -0.2) is 0 Å². The Morgan fingerprint density at radius 3 is 1.52 bits per heavy atom. The fourth-order valence-electron chi connectivity index (χ4n) is 2.42. The zero-order valence-electron chi connectivity index (χ0n) is 33.2. The molecule has 266 valence electrons. The van der Waals surface area contributed by atoms with Gasteiger partial charge in [-0.2, -0.15) is 0 Å². The van der Waals surface area contributed by atoms with E-state index in [4.69, 9.17) is 6.42 Å². The highest BCUT2D eigenvalue weighted by atomic mass is 14.0. The summed E-state index contributed by atoms with van der Waals surface area (Å²) in [4.78, 5) is 0. The lowest BCUT2D eigenvalue weighted by Gasteiger charge is -2.03. The normalized spacial score (nSPS) is 8.76. The smallest absolute Gasteiger partial charge is 0.0277 e. The van der Waals surface area contributed by atoms with Crippen molar-refractivity contribution in [3.05, 3.63) is 114 Å². The van der Waals surface area contributed by atoms with E-state index in [2.05, 4.69) is 120 Å². The number of unbranched alkanes of at least 4 members (excludes halogenated alkanes) is 2. The van der Waals surface area contributed by atoms with Gasteiger partial charge in [0.05, 0.1) is 0 Å². The molecule has 0 saturated heterocycles. The predicted molar refractivity (Wildman–Crippen MR) is 225 cm³/mol. The van der Waals surface area contributed by atoms with Crippen LogP contribution in [0, 0.1) is 25.2 Å². The molecule has 0 heterocycles. The van der Waals surface area contributed by atoms with E-state index in [0.29, 0.717) is 0 Å². The molecule has 1 aromatic carbocycles. The monoisotopic (exact) mass is 635 g/mol. The van der Waals surface area contributed by atoms with Crippen LogP contribution in [0.3, 0.4) is 0 Å². The molecule has 0 fully saturated rings. The number of hydrogen-bond donors (Lipinski definition) is 0. The quantitative estimate of drug-likeness (QED) is 0.136. The predicted octanol–water partition coefficient (Wildman–Crippen LogP) is 16.5. The van der Waals surface area contributed by atoms with Gasteiger partial charge < -0.3 is 0 Å². The molecule has 0 aliphatic carbocycles. The van der Waals surface area contributed by atoms with Crippen LogP contribution in [0.2, 0.25) is 0 Å². The molecule has 0 spiro atoms. The van der Waals surface area contributed by atoms with Crippen LogP contribution in [0.25, 0.3) is 5.57 Å². The number of benzene rings is 1. The molecule has 0 atom stereocenters. The molecular weight excluding hydrogens is 553 g/mol. The topological polar surface area (TPSA) is 0 Å². The van der Waals surface area contributed by atoms with E-state index in [0.717, 1.165) is 45.7 Å². The van der Waals surface area contributed by atoms with Crippen LogP contribution in [0.1, 0.15) is 166 Å². The first-order valence-electron chi connectivity index (χ1n) is 17.3. The Balaban J connectivity index is -0.0000000869. The number of allylic oxidation sites excluding steroid dienone is 9. The summed E-state index contributed by atoms with van der Waals surface area (Å²) in [5.41, 5.74) is 9.07. The summed E-state index contributed by atoms with van der Waals surface area (Å²) in [5.74, 6) is 3.60. The van der Waals surface area contributed by atoms with E-state index in [1.165, 1.54) is 49.7 Å². The van der Waals surface area contributed by atoms with Gasteiger partial charge >= 0.3 is 0 Å². The number of aryl methyl sites for hydroxylation is 1. The highest BCUT2D eigenvalue weighted by Gasteiger charge is 1.99. The molecule has 0 aromatic heterocycles. The molecule has 0 amide bonds. The van der Waals surface area contributed by atoms with Gasteiger partial charge in [0.1, 0.15) is 0 Å². The van der Waals surface area contributed by atoms with Crippen LogP contribution in [0.4, 0.5) is 0 Å². The summed E-state index contributed by atoms with van der Waals surface area (Å²) in [6.07, 6.45) is 22.4. The Kier molecular flexibility index (Phi) is 59.0. The number of hydrogen-bond acceptors (Lipinski definition) is 0. The summed E-state index contributed by atoms with van der Waals surface area (Å²) in [5, 5.41) is 0.